The molecule has 0 aliphatic carbocycles. The molecule has 0 spiro atoms. The summed E-state index contributed by atoms with van der Waals surface area (Å²) >= 11 is 0. The van der Waals surface area contributed by atoms with Crippen LogP contribution in [0.15, 0.2) is 24.3 Å². The maximum absolute atomic E-state index is 13.7. The highest BCUT2D eigenvalue weighted by atomic mass is 19.1. The molecule has 1 atom stereocenters. The molecular formula is C17H29FN2. The molecule has 3 heteroatoms. The van der Waals surface area contributed by atoms with E-state index in [9.17, 15) is 4.39 Å². The number of likely N-dealkylation sites (N-methyl/N-ethyl adjacent to an activating group) is 1. The minimum Gasteiger partial charge on any atom is -0.315 e. The molecule has 0 saturated carbocycles. The van der Waals surface area contributed by atoms with Crippen molar-refractivity contribution in [2.75, 3.05) is 26.7 Å². The van der Waals surface area contributed by atoms with Gasteiger partial charge in [-0.25, -0.2) is 4.39 Å². The van der Waals surface area contributed by atoms with E-state index in [1.165, 1.54) is 31.7 Å². The zero-order chi connectivity index (χ0) is 14.8. The molecule has 1 aromatic carbocycles. The minimum absolute atomic E-state index is 0.109. The van der Waals surface area contributed by atoms with Crippen molar-refractivity contribution in [2.45, 2.75) is 45.6 Å². The van der Waals surface area contributed by atoms with Gasteiger partial charge in [-0.1, -0.05) is 44.4 Å². The molecule has 114 valence electrons. The SMILES string of the molecule is CCCCCCNCCN(C)C(C)c1ccccc1F. The van der Waals surface area contributed by atoms with E-state index in [1.54, 1.807) is 6.07 Å². The second-order valence-electron chi connectivity index (χ2n) is 5.49. The first-order valence-corrected chi connectivity index (χ1v) is 7.82. The van der Waals surface area contributed by atoms with E-state index in [4.69, 9.17) is 0 Å². The van der Waals surface area contributed by atoms with Crippen molar-refractivity contribution in [3.63, 3.8) is 0 Å². The van der Waals surface area contributed by atoms with Crippen LogP contribution in [0.25, 0.3) is 0 Å². The van der Waals surface area contributed by atoms with Crippen LogP contribution in [-0.2, 0) is 0 Å². The lowest BCUT2D eigenvalue weighted by Gasteiger charge is -2.25. The Hall–Kier alpha value is -0.930. The van der Waals surface area contributed by atoms with E-state index in [0.29, 0.717) is 0 Å². The number of rotatable bonds is 10. The van der Waals surface area contributed by atoms with Gasteiger partial charge in [0.15, 0.2) is 0 Å². The fourth-order valence-electron chi connectivity index (χ4n) is 2.30. The highest BCUT2D eigenvalue weighted by Crippen LogP contribution is 2.20. The van der Waals surface area contributed by atoms with Gasteiger partial charge in [-0.3, -0.25) is 4.90 Å². The normalized spacial score (nSPS) is 12.8. The summed E-state index contributed by atoms with van der Waals surface area (Å²) in [5.41, 5.74) is 0.776. The van der Waals surface area contributed by atoms with Crippen LogP contribution in [0.5, 0.6) is 0 Å². The first-order chi connectivity index (χ1) is 9.66. The lowest BCUT2D eigenvalue weighted by atomic mass is 10.1. The molecule has 2 nitrogen and oxygen atoms in total. The van der Waals surface area contributed by atoms with Gasteiger partial charge < -0.3 is 5.32 Å². The van der Waals surface area contributed by atoms with Gasteiger partial charge in [0.05, 0.1) is 0 Å². The maximum atomic E-state index is 13.7. The van der Waals surface area contributed by atoms with Crippen LogP contribution in [0, 0.1) is 5.82 Å². The van der Waals surface area contributed by atoms with Crippen LogP contribution in [0.3, 0.4) is 0 Å². The molecule has 0 fully saturated rings. The van der Waals surface area contributed by atoms with Gasteiger partial charge in [-0.15, -0.1) is 0 Å². The highest BCUT2D eigenvalue weighted by molar-refractivity contribution is 5.20. The van der Waals surface area contributed by atoms with E-state index >= 15 is 0 Å². The highest BCUT2D eigenvalue weighted by Gasteiger charge is 2.14. The average molecular weight is 280 g/mol. The minimum atomic E-state index is -0.112. The van der Waals surface area contributed by atoms with Crippen LogP contribution in [-0.4, -0.2) is 31.6 Å². The maximum Gasteiger partial charge on any atom is 0.127 e. The predicted octanol–water partition coefficient (Wildman–Crippen LogP) is 3.99. The van der Waals surface area contributed by atoms with Gasteiger partial charge in [-0.2, -0.15) is 0 Å². The molecule has 1 rings (SSSR count). The number of nitrogens with zero attached hydrogens (tertiary/aromatic N) is 1. The molecule has 0 saturated heterocycles. The molecule has 0 aromatic heterocycles. The molecule has 1 aromatic rings. The molecule has 0 bridgehead atoms. The molecular weight excluding hydrogens is 251 g/mol. The monoisotopic (exact) mass is 280 g/mol. The summed E-state index contributed by atoms with van der Waals surface area (Å²) in [7, 11) is 2.05. The summed E-state index contributed by atoms with van der Waals surface area (Å²) < 4.78 is 13.7. The third-order valence-corrected chi connectivity index (χ3v) is 3.86. The summed E-state index contributed by atoms with van der Waals surface area (Å²) in [5.74, 6) is -0.112. The third-order valence-electron chi connectivity index (χ3n) is 3.86. The Labute approximate surface area is 123 Å². The molecule has 0 aliphatic heterocycles. The lowest BCUT2D eigenvalue weighted by molar-refractivity contribution is 0.256. The van der Waals surface area contributed by atoms with Crippen molar-refractivity contribution in [3.05, 3.63) is 35.6 Å². The summed E-state index contributed by atoms with van der Waals surface area (Å²) in [6, 6.07) is 7.15. The van der Waals surface area contributed by atoms with Crippen molar-refractivity contribution < 1.29 is 4.39 Å². The number of unbranched alkanes of at least 4 members (excludes halogenated alkanes) is 3. The van der Waals surface area contributed by atoms with Crippen molar-refractivity contribution in [2.24, 2.45) is 0 Å². The van der Waals surface area contributed by atoms with Crippen LogP contribution in [0.4, 0.5) is 4.39 Å². The molecule has 0 radical (unpaired) electrons. The largest absolute Gasteiger partial charge is 0.315 e. The Bertz CT molecular complexity index is 368. The van der Waals surface area contributed by atoms with Crippen molar-refractivity contribution in [1.29, 1.82) is 0 Å². The number of hydrogen-bond donors (Lipinski definition) is 1. The fraction of sp³-hybridized carbons (Fsp3) is 0.647. The molecule has 1 N–H and O–H groups in total. The van der Waals surface area contributed by atoms with Gasteiger partial charge >= 0.3 is 0 Å². The van der Waals surface area contributed by atoms with Crippen LogP contribution in [0.1, 0.15) is 51.1 Å². The Morgan fingerprint density at radius 2 is 1.90 bits per heavy atom. The quantitative estimate of drug-likeness (QED) is 0.652. The standard InChI is InChI=1S/C17H29FN2/c1-4-5-6-9-12-19-13-14-20(3)15(2)16-10-7-8-11-17(16)18/h7-8,10-11,15,19H,4-6,9,12-14H2,1-3H3. The van der Waals surface area contributed by atoms with Crippen LogP contribution in [0.2, 0.25) is 0 Å². The molecule has 20 heavy (non-hydrogen) atoms. The number of nitrogens with one attached hydrogen (secondary N) is 1. The van der Waals surface area contributed by atoms with E-state index in [0.717, 1.165) is 25.2 Å². The van der Waals surface area contributed by atoms with Crippen molar-refractivity contribution >= 4 is 0 Å². The second kappa shape index (κ2) is 9.89. The number of hydrogen-bond acceptors (Lipinski definition) is 2. The Morgan fingerprint density at radius 3 is 2.60 bits per heavy atom. The molecule has 1 unspecified atom stereocenters. The topological polar surface area (TPSA) is 15.3 Å². The summed E-state index contributed by atoms with van der Waals surface area (Å²) in [5, 5.41) is 3.46. The van der Waals surface area contributed by atoms with Crippen LogP contribution >= 0.6 is 0 Å². The van der Waals surface area contributed by atoms with Gasteiger partial charge in [0.1, 0.15) is 5.82 Å². The van der Waals surface area contributed by atoms with Crippen molar-refractivity contribution in [3.8, 4) is 0 Å². The Morgan fingerprint density at radius 1 is 1.15 bits per heavy atom. The van der Waals surface area contributed by atoms with Gasteiger partial charge in [0.25, 0.3) is 0 Å². The fourth-order valence-corrected chi connectivity index (χ4v) is 2.30. The van der Waals surface area contributed by atoms with Gasteiger partial charge in [0, 0.05) is 24.7 Å². The van der Waals surface area contributed by atoms with E-state index in [-0.39, 0.29) is 11.9 Å². The van der Waals surface area contributed by atoms with Gasteiger partial charge in [0.2, 0.25) is 0 Å². The van der Waals surface area contributed by atoms with E-state index in [2.05, 4.69) is 31.1 Å². The van der Waals surface area contributed by atoms with E-state index in [1.807, 2.05) is 12.1 Å². The van der Waals surface area contributed by atoms with E-state index < -0.39 is 0 Å². The first-order valence-electron chi connectivity index (χ1n) is 7.82. The van der Waals surface area contributed by atoms with Crippen molar-refractivity contribution in [1.82, 2.24) is 10.2 Å². The van der Waals surface area contributed by atoms with Gasteiger partial charge in [-0.05, 0) is 33.0 Å². The summed E-state index contributed by atoms with van der Waals surface area (Å²) in [4.78, 5) is 2.19. The summed E-state index contributed by atoms with van der Waals surface area (Å²) in [6.07, 6.45) is 5.17. The Kier molecular flexibility index (Phi) is 8.47. The third kappa shape index (κ3) is 6.02. The predicted molar refractivity (Wildman–Crippen MR) is 84.5 cm³/mol. The Balaban J connectivity index is 2.22. The molecule has 0 heterocycles. The van der Waals surface area contributed by atoms with Crippen LogP contribution < -0.4 is 5.32 Å². The second-order valence-corrected chi connectivity index (χ2v) is 5.49. The number of halogens is 1. The molecule has 0 amide bonds. The lowest BCUT2D eigenvalue weighted by Crippen LogP contribution is -2.32. The summed E-state index contributed by atoms with van der Waals surface area (Å²) in [6.45, 7) is 7.26. The smallest absolute Gasteiger partial charge is 0.127 e. The number of benzene rings is 1. The first kappa shape index (κ1) is 17.1. The molecule has 0 aliphatic rings. The average Bonchev–Trinajstić information content (AvgIpc) is 2.46. The zero-order valence-corrected chi connectivity index (χ0v) is 13.2. The zero-order valence-electron chi connectivity index (χ0n) is 13.2.